The molecule has 1 spiro atoms. The average Bonchev–Trinajstić information content (AvgIpc) is 2.96. The fraction of sp³-hybridized carbons (Fsp3) is 0.778. The van der Waals surface area contributed by atoms with Gasteiger partial charge in [-0.3, -0.25) is 5.32 Å². The molecule has 2 amide bonds. The van der Waals surface area contributed by atoms with Crippen LogP contribution in [-0.2, 0) is 17.6 Å². The Hall–Kier alpha value is -1.56. The third-order valence-corrected chi connectivity index (χ3v) is 6.00. The van der Waals surface area contributed by atoms with Crippen molar-refractivity contribution in [3.05, 3.63) is 11.3 Å². The molecule has 1 unspecified atom stereocenters. The highest BCUT2D eigenvalue weighted by molar-refractivity contribution is 5.90. The SMILES string of the molecule is CC(C)C1N(C(=O)Nc2noc3c2CCCC3)CC12CCOCC2. The Kier molecular flexibility index (Phi) is 4.03. The molecule has 132 valence electrons. The lowest BCUT2D eigenvalue weighted by Gasteiger charge is -2.60. The van der Waals surface area contributed by atoms with Crippen LogP contribution >= 0.6 is 0 Å². The van der Waals surface area contributed by atoms with Crippen molar-refractivity contribution >= 4 is 11.8 Å². The molecule has 2 saturated heterocycles. The summed E-state index contributed by atoms with van der Waals surface area (Å²) >= 11 is 0. The van der Waals surface area contributed by atoms with Crippen molar-refractivity contribution in [3.8, 4) is 0 Å². The topological polar surface area (TPSA) is 67.6 Å². The van der Waals surface area contributed by atoms with Crippen molar-refractivity contribution in [2.45, 2.75) is 58.4 Å². The molecule has 24 heavy (non-hydrogen) atoms. The summed E-state index contributed by atoms with van der Waals surface area (Å²) in [6.07, 6.45) is 6.27. The molecular formula is C18H27N3O3. The highest BCUT2D eigenvalue weighted by Gasteiger charge is 2.55. The Morgan fingerprint density at radius 3 is 2.79 bits per heavy atom. The van der Waals surface area contributed by atoms with Crippen LogP contribution in [0.3, 0.4) is 0 Å². The molecule has 3 heterocycles. The van der Waals surface area contributed by atoms with Gasteiger partial charge in [0.2, 0.25) is 0 Å². The van der Waals surface area contributed by atoms with Gasteiger partial charge in [0.15, 0.2) is 5.82 Å². The van der Waals surface area contributed by atoms with E-state index in [-0.39, 0.29) is 17.5 Å². The fourth-order valence-electron chi connectivity index (χ4n) is 4.90. The minimum atomic E-state index is -0.0347. The summed E-state index contributed by atoms with van der Waals surface area (Å²) in [5.74, 6) is 2.01. The molecule has 0 bridgehead atoms. The maximum absolute atomic E-state index is 12.8. The molecule has 3 aliphatic rings. The number of carbonyl (C=O) groups excluding carboxylic acids is 1. The molecular weight excluding hydrogens is 306 g/mol. The van der Waals surface area contributed by atoms with Crippen molar-refractivity contribution in [1.29, 1.82) is 0 Å². The Labute approximate surface area is 142 Å². The third-order valence-electron chi connectivity index (χ3n) is 6.00. The predicted octanol–water partition coefficient (Wildman–Crippen LogP) is 3.22. The minimum Gasteiger partial charge on any atom is -0.381 e. The number of carbonyl (C=O) groups is 1. The molecule has 1 N–H and O–H groups in total. The summed E-state index contributed by atoms with van der Waals surface area (Å²) in [6, 6.07) is 0.247. The van der Waals surface area contributed by atoms with E-state index >= 15 is 0 Å². The van der Waals surface area contributed by atoms with E-state index in [9.17, 15) is 4.79 Å². The minimum absolute atomic E-state index is 0.0347. The number of rotatable bonds is 2. The lowest BCUT2D eigenvalue weighted by Crippen LogP contribution is -2.70. The monoisotopic (exact) mass is 333 g/mol. The quantitative estimate of drug-likeness (QED) is 0.902. The van der Waals surface area contributed by atoms with Crippen LogP contribution in [0.1, 0.15) is 50.9 Å². The van der Waals surface area contributed by atoms with Crippen molar-refractivity contribution in [3.63, 3.8) is 0 Å². The number of anilines is 1. The Morgan fingerprint density at radius 1 is 1.29 bits per heavy atom. The second kappa shape index (κ2) is 6.06. The van der Waals surface area contributed by atoms with Crippen LogP contribution in [-0.4, -0.2) is 41.9 Å². The Balaban J connectivity index is 1.47. The number of hydrogen-bond acceptors (Lipinski definition) is 4. The van der Waals surface area contributed by atoms with Crippen molar-refractivity contribution in [2.75, 3.05) is 25.1 Å². The zero-order valence-corrected chi connectivity index (χ0v) is 14.6. The van der Waals surface area contributed by atoms with Gasteiger partial charge in [-0.1, -0.05) is 19.0 Å². The zero-order chi connectivity index (χ0) is 16.7. The molecule has 2 fully saturated rings. The number of nitrogens with zero attached hydrogens (tertiary/aromatic N) is 2. The number of aryl methyl sites for hydroxylation is 1. The average molecular weight is 333 g/mol. The number of amides is 2. The number of aromatic nitrogens is 1. The molecule has 1 atom stereocenters. The Bertz CT molecular complexity index is 619. The van der Waals surface area contributed by atoms with Crippen LogP contribution in [0.4, 0.5) is 10.6 Å². The zero-order valence-electron chi connectivity index (χ0n) is 14.6. The van der Waals surface area contributed by atoms with E-state index in [1.165, 1.54) is 0 Å². The van der Waals surface area contributed by atoms with Gasteiger partial charge in [0.1, 0.15) is 5.76 Å². The number of hydrogen-bond donors (Lipinski definition) is 1. The summed E-state index contributed by atoms with van der Waals surface area (Å²) in [6.45, 7) is 6.87. The van der Waals surface area contributed by atoms with Gasteiger partial charge in [-0.25, -0.2) is 4.79 Å². The van der Waals surface area contributed by atoms with Gasteiger partial charge in [-0.05, 0) is 38.0 Å². The van der Waals surface area contributed by atoms with Gasteiger partial charge in [0.25, 0.3) is 0 Å². The van der Waals surface area contributed by atoms with Gasteiger partial charge < -0.3 is 14.2 Å². The molecule has 6 heteroatoms. The molecule has 0 saturated carbocycles. The van der Waals surface area contributed by atoms with Crippen LogP contribution in [0.5, 0.6) is 0 Å². The second-order valence-electron chi connectivity index (χ2n) is 7.86. The van der Waals surface area contributed by atoms with Crippen molar-refractivity contribution in [2.24, 2.45) is 11.3 Å². The van der Waals surface area contributed by atoms with E-state index in [0.29, 0.717) is 11.7 Å². The highest BCUT2D eigenvalue weighted by atomic mass is 16.5. The predicted molar refractivity (Wildman–Crippen MR) is 90.0 cm³/mol. The van der Waals surface area contributed by atoms with E-state index in [1.807, 2.05) is 4.90 Å². The molecule has 2 aliphatic heterocycles. The first-order valence-electron chi connectivity index (χ1n) is 9.23. The summed E-state index contributed by atoms with van der Waals surface area (Å²) in [5, 5.41) is 7.11. The van der Waals surface area contributed by atoms with E-state index in [4.69, 9.17) is 9.26 Å². The van der Waals surface area contributed by atoms with Gasteiger partial charge in [0.05, 0.1) is 0 Å². The lowest BCUT2D eigenvalue weighted by molar-refractivity contribution is -0.122. The maximum Gasteiger partial charge on any atom is 0.323 e. The summed E-state index contributed by atoms with van der Waals surface area (Å²) in [5.41, 5.74) is 1.34. The van der Waals surface area contributed by atoms with Crippen LogP contribution < -0.4 is 5.32 Å². The van der Waals surface area contributed by atoms with E-state index < -0.39 is 0 Å². The lowest BCUT2D eigenvalue weighted by atomic mass is 9.63. The standard InChI is InChI=1S/C18H27N3O3/c1-12(2)15-18(7-9-23-10-8-18)11-21(15)17(22)19-16-13-5-3-4-6-14(13)24-20-16/h12,15H,3-11H2,1-2H3,(H,19,20,22). The molecule has 0 aromatic carbocycles. The van der Waals surface area contributed by atoms with Crippen LogP contribution in [0, 0.1) is 11.3 Å². The number of ether oxygens (including phenoxy) is 1. The number of fused-ring (bicyclic) bond motifs is 1. The number of urea groups is 1. The third kappa shape index (κ3) is 2.51. The normalized spacial score (nSPS) is 25.5. The first-order valence-corrected chi connectivity index (χ1v) is 9.23. The van der Waals surface area contributed by atoms with Crippen LogP contribution in [0.25, 0.3) is 0 Å². The van der Waals surface area contributed by atoms with Crippen molar-refractivity contribution < 1.29 is 14.1 Å². The van der Waals surface area contributed by atoms with Crippen LogP contribution in [0.2, 0.25) is 0 Å². The van der Waals surface area contributed by atoms with Gasteiger partial charge in [0, 0.05) is 43.2 Å². The van der Waals surface area contributed by atoms with Gasteiger partial charge in [-0.2, -0.15) is 0 Å². The Morgan fingerprint density at radius 2 is 2.04 bits per heavy atom. The summed E-state index contributed by atoms with van der Waals surface area (Å²) < 4.78 is 10.9. The smallest absolute Gasteiger partial charge is 0.323 e. The fourth-order valence-corrected chi connectivity index (χ4v) is 4.90. The first kappa shape index (κ1) is 15.9. The molecule has 0 radical (unpaired) electrons. The summed E-state index contributed by atoms with van der Waals surface area (Å²) in [4.78, 5) is 14.8. The van der Waals surface area contributed by atoms with E-state index in [0.717, 1.165) is 69.6 Å². The van der Waals surface area contributed by atoms with Crippen LogP contribution in [0.15, 0.2) is 4.52 Å². The highest BCUT2D eigenvalue weighted by Crippen LogP contribution is 2.49. The first-order chi connectivity index (χ1) is 11.6. The molecule has 1 aromatic heterocycles. The molecule has 4 rings (SSSR count). The number of likely N-dealkylation sites (tertiary alicyclic amines) is 1. The molecule has 6 nitrogen and oxygen atoms in total. The molecule has 1 aromatic rings. The summed E-state index contributed by atoms with van der Waals surface area (Å²) in [7, 11) is 0. The molecule has 1 aliphatic carbocycles. The van der Waals surface area contributed by atoms with E-state index in [1.54, 1.807) is 0 Å². The second-order valence-corrected chi connectivity index (χ2v) is 7.86. The van der Waals surface area contributed by atoms with Gasteiger partial charge in [-0.15, -0.1) is 0 Å². The van der Waals surface area contributed by atoms with Gasteiger partial charge >= 0.3 is 6.03 Å². The largest absolute Gasteiger partial charge is 0.381 e. The maximum atomic E-state index is 12.8. The van der Waals surface area contributed by atoms with E-state index in [2.05, 4.69) is 24.3 Å². The number of nitrogens with one attached hydrogen (secondary N) is 1. The van der Waals surface area contributed by atoms with Crippen molar-refractivity contribution in [1.82, 2.24) is 10.1 Å².